The van der Waals surface area contributed by atoms with E-state index in [2.05, 4.69) is 25.2 Å². The van der Waals surface area contributed by atoms with Gasteiger partial charge in [-0.2, -0.15) is 4.98 Å². The Bertz CT molecular complexity index is 1270. The molecule has 0 unspecified atom stereocenters. The van der Waals surface area contributed by atoms with Crippen molar-refractivity contribution >= 4 is 33.7 Å². The molecule has 0 aliphatic heterocycles. The van der Waals surface area contributed by atoms with Crippen molar-refractivity contribution in [1.82, 2.24) is 24.1 Å². The summed E-state index contributed by atoms with van der Waals surface area (Å²) in [5.41, 5.74) is 0.286. The summed E-state index contributed by atoms with van der Waals surface area (Å²) in [7, 11) is 3.10. The third-order valence-electron chi connectivity index (χ3n) is 4.01. The lowest BCUT2D eigenvalue weighted by molar-refractivity contribution is 0.459. The molecule has 126 valence electrons. The maximum absolute atomic E-state index is 12.0. The van der Waals surface area contributed by atoms with E-state index in [0.717, 1.165) is 5.52 Å². The molecule has 0 bridgehead atoms. The first-order chi connectivity index (χ1) is 12.0. The Labute approximate surface area is 139 Å². The zero-order valence-corrected chi connectivity index (χ0v) is 13.3. The number of aryl methyl sites for hydroxylation is 2. The summed E-state index contributed by atoms with van der Waals surface area (Å²) in [6.45, 7) is 0. The summed E-state index contributed by atoms with van der Waals surface area (Å²) < 4.78 is 2.65. The van der Waals surface area contributed by atoms with Gasteiger partial charge < -0.3 is 14.7 Å². The van der Waals surface area contributed by atoms with Crippen LogP contribution in [0.25, 0.3) is 22.1 Å². The molecule has 0 fully saturated rings. The second-order valence-electron chi connectivity index (χ2n) is 5.53. The van der Waals surface area contributed by atoms with E-state index in [1.165, 1.54) is 16.2 Å². The molecule has 0 spiro atoms. The van der Waals surface area contributed by atoms with E-state index in [1.807, 2.05) is 12.1 Å². The van der Waals surface area contributed by atoms with Crippen LogP contribution in [-0.4, -0.2) is 29.2 Å². The molecule has 0 amide bonds. The molecular formula is C15H13N7O3. The van der Waals surface area contributed by atoms with Crippen LogP contribution < -0.4 is 11.2 Å². The first-order valence-electron chi connectivity index (χ1n) is 7.34. The summed E-state index contributed by atoms with van der Waals surface area (Å²) in [6.07, 6.45) is 0. The molecule has 4 aromatic rings. The third kappa shape index (κ3) is 2.15. The van der Waals surface area contributed by atoms with Gasteiger partial charge in [0.05, 0.1) is 5.52 Å². The number of nitrogens with one attached hydrogen (secondary N) is 2. The van der Waals surface area contributed by atoms with Crippen molar-refractivity contribution in [1.29, 1.82) is 0 Å². The molecule has 0 saturated heterocycles. The normalized spacial score (nSPS) is 11.9. The highest BCUT2D eigenvalue weighted by Crippen LogP contribution is 2.35. The molecule has 0 atom stereocenters. The number of H-pyrrole nitrogens is 2. The second-order valence-corrected chi connectivity index (χ2v) is 5.53. The largest absolute Gasteiger partial charge is 0.493 e. The van der Waals surface area contributed by atoms with Crippen LogP contribution in [0.3, 0.4) is 0 Å². The Balaban J connectivity index is 1.90. The fourth-order valence-corrected chi connectivity index (χ4v) is 2.70. The number of benzene rings is 1. The number of aromatic amines is 2. The van der Waals surface area contributed by atoms with Gasteiger partial charge in [0.25, 0.3) is 11.5 Å². The molecule has 1 aromatic carbocycles. The topological polar surface area (TPSA) is 133 Å². The molecular weight excluding hydrogens is 326 g/mol. The highest BCUT2D eigenvalue weighted by Gasteiger charge is 2.15. The van der Waals surface area contributed by atoms with Crippen molar-refractivity contribution in [2.45, 2.75) is 0 Å². The number of para-hydroxylation sites is 1. The summed E-state index contributed by atoms with van der Waals surface area (Å²) in [5.74, 6) is 0.0142. The van der Waals surface area contributed by atoms with Crippen LogP contribution in [0.1, 0.15) is 0 Å². The van der Waals surface area contributed by atoms with Crippen LogP contribution in [0, 0.1) is 0 Å². The smallest absolute Gasteiger partial charge is 0.329 e. The number of imidazole rings is 1. The highest BCUT2D eigenvalue weighted by molar-refractivity contribution is 5.94. The van der Waals surface area contributed by atoms with E-state index >= 15 is 0 Å². The molecule has 3 aromatic heterocycles. The molecule has 0 aliphatic carbocycles. The maximum atomic E-state index is 12.0. The van der Waals surface area contributed by atoms with Gasteiger partial charge in [-0.25, -0.2) is 4.79 Å². The van der Waals surface area contributed by atoms with Gasteiger partial charge in [-0.05, 0) is 6.07 Å². The van der Waals surface area contributed by atoms with Gasteiger partial charge >= 0.3 is 5.69 Å². The molecule has 3 N–H and O–H groups in total. The Hall–Kier alpha value is -3.69. The monoisotopic (exact) mass is 339 g/mol. The molecule has 0 aliphatic rings. The van der Waals surface area contributed by atoms with E-state index in [9.17, 15) is 14.7 Å². The SMILES string of the molecule is Cn1c(N=Nc2c(O)[nH]c3ccccc23)nc2c1c(=O)[nH]c(=O)n2C. The molecule has 4 rings (SSSR count). The van der Waals surface area contributed by atoms with E-state index in [1.54, 1.807) is 19.2 Å². The fraction of sp³-hybridized carbons (Fsp3) is 0.133. The van der Waals surface area contributed by atoms with Crippen molar-refractivity contribution in [2.24, 2.45) is 24.3 Å². The van der Waals surface area contributed by atoms with E-state index in [4.69, 9.17) is 0 Å². The van der Waals surface area contributed by atoms with Crippen molar-refractivity contribution in [3.8, 4) is 5.88 Å². The number of aromatic hydroxyl groups is 1. The maximum Gasteiger partial charge on any atom is 0.329 e. The van der Waals surface area contributed by atoms with Gasteiger partial charge in [-0.15, -0.1) is 10.2 Å². The molecule has 10 nitrogen and oxygen atoms in total. The first kappa shape index (κ1) is 14.9. The van der Waals surface area contributed by atoms with Gasteiger partial charge in [-0.3, -0.25) is 14.3 Å². The van der Waals surface area contributed by atoms with Crippen LogP contribution in [0.15, 0.2) is 44.1 Å². The van der Waals surface area contributed by atoms with E-state index < -0.39 is 11.2 Å². The fourth-order valence-electron chi connectivity index (χ4n) is 2.70. The van der Waals surface area contributed by atoms with Crippen molar-refractivity contribution < 1.29 is 5.11 Å². The quantitative estimate of drug-likeness (QED) is 0.478. The number of hydrogen-bond acceptors (Lipinski definition) is 6. The summed E-state index contributed by atoms with van der Waals surface area (Å²) in [5, 5.41) is 18.8. The minimum absolute atomic E-state index is 0.117. The highest BCUT2D eigenvalue weighted by atomic mass is 16.3. The Kier molecular flexibility index (Phi) is 3.07. The van der Waals surface area contributed by atoms with Crippen LogP contribution in [-0.2, 0) is 14.1 Å². The molecule has 10 heteroatoms. The lowest BCUT2D eigenvalue weighted by Crippen LogP contribution is -2.29. The zero-order chi connectivity index (χ0) is 17.7. The second kappa shape index (κ2) is 5.16. The predicted molar refractivity (Wildman–Crippen MR) is 90.7 cm³/mol. The minimum Gasteiger partial charge on any atom is -0.493 e. The van der Waals surface area contributed by atoms with Gasteiger partial charge in [-0.1, -0.05) is 18.2 Å². The van der Waals surface area contributed by atoms with Gasteiger partial charge in [0.15, 0.2) is 16.9 Å². The molecule has 0 radical (unpaired) electrons. The van der Waals surface area contributed by atoms with Crippen molar-refractivity contribution in [3.63, 3.8) is 0 Å². The van der Waals surface area contributed by atoms with Gasteiger partial charge in [0.2, 0.25) is 5.88 Å². The van der Waals surface area contributed by atoms with Gasteiger partial charge in [0, 0.05) is 19.5 Å². The summed E-state index contributed by atoms with van der Waals surface area (Å²) >= 11 is 0. The third-order valence-corrected chi connectivity index (χ3v) is 4.01. The Morgan fingerprint density at radius 3 is 2.64 bits per heavy atom. The van der Waals surface area contributed by atoms with Crippen LogP contribution in [0.4, 0.5) is 11.6 Å². The van der Waals surface area contributed by atoms with Gasteiger partial charge in [0.1, 0.15) is 0 Å². The van der Waals surface area contributed by atoms with E-state index in [0.29, 0.717) is 5.39 Å². The minimum atomic E-state index is -0.562. The number of hydrogen-bond donors (Lipinski definition) is 3. The Morgan fingerprint density at radius 2 is 1.84 bits per heavy atom. The molecule has 25 heavy (non-hydrogen) atoms. The molecule has 0 saturated carbocycles. The van der Waals surface area contributed by atoms with Crippen LogP contribution >= 0.6 is 0 Å². The summed E-state index contributed by atoms with van der Waals surface area (Å²) in [4.78, 5) is 32.9. The van der Waals surface area contributed by atoms with Crippen molar-refractivity contribution in [2.75, 3.05) is 0 Å². The average Bonchev–Trinajstić information content (AvgIpc) is 3.08. The van der Waals surface area contributed by atoms with Crippen LogP contribution in [0.5, 0.6) is 5.88 Å². The number of nitrogens with zero attached hydrogens (tertiary/aromatic N) is 5. The Morgan fingerprint density at radius 1 is 1.08 bits per heavy atom. The lowest BCUT2D eigenvalue weighted by Gasteiger charge is -1.97. The lowest BCUT2D eigenvalue weighted by atomic mass is 10.2. The average molecular weight is 339 g/mol. The van der Waals surface area contributed by atoms with Crippen molar-refractivity contribution in [3.05, 3.63) is 45.1 Å². The van der Waals surface area contributed by atoms with E-state index in [-0.39, 0.29) is 28.7 Å². The molecule has 3 heterocycles. The predicted octanol–water partition coefficient (Wildman–Crippen LogP) is 1.56. The standard InChI is InChI=1S/C15H13N7O3/c1-21-10-11(22(2)15(25)18-13(10)24)17-14(21)20-19-9-7-5-3-4-6-8(7)16-12(9)23/h3-6,16,23H,1-2H3,(H,18,24,25). The number of fused-ring (bicyclic) bond motifs is 2. The number of aromatic nitrogens is 5. The zero-order valence-electron chi connectivity index (χ0n) is 13.3. The number of rotatable bonds is 2. The summed E-state index contributed by atoms with van der Waals surface area (Å²) in [6, 6.07) is 7.25. The first-order valence-corrected chi connectivity index (χ1v) is 7.34. The van der Waals surface area contributed by atoms with Crippen LogP contribution in [0.2, 0.25) is 0 Å². The number of azo groups is 1.